The van der Waals surface area contributed by atoms with E-state index in [0.717, 1.165) is 12.8 Å². The summed E-state index contributed by atoms with van der Waals surface area (Å²) in [5, 5.41) is 0.0213. The van der Waals surface area contributed by atoms with Gasteiger partial charge >= 0.3 is 0 Å². The van der Waals surface area contributed by atoms with Gasteiger partial charge in [0.25, 0.3) is 5.56 Å². The van der Waals surface area contributed by atoms with Crippen LogP contribution in [0.4, 0.5) is 0 Å². The van der Waals surface area contributed by atoms with Crippen LogP contribution in [0.3, 0.4) is 0 Å². The number of halogens is 1. The van der Waals surface area contributed by atoms with E-state index >= 15 is 0 Å². The number of nitrogens with one attached hydrogen (secondary N) is 1. The predicted molar refractivity (Wildman–Crippen MR) is 59.5 cm³/mol. The summed E-state index contributed by atoms with van der Waals surface area (Å²) in [6.45, 7) is 2.70. The molecule has 0 saturated heterocycles. The van der Waals surface area contributed by atoms with E-state index in [1.165, 1.54) is 19.2 Å². The molecular formula is C10H15ClN2O2. The lowest BCUT2D eigenvalue weighted by Gasteiger charge is -2.05. The lowest BCUT2D eigenvalue weighted by molar-refractivity contribution is 0.293. The van der Waals surface area contributed by atoms with E-state index in [2.05, 4.69) is 16.9 Å². The van der Waals surface area contributed by atoms with Gasteiger partial charge in [0.1, 0.15) is 0 Å². The molecular weight excluding hydrogens is 216 g/mol. The van der Waals surface area contributed by atoms with Gasteiger partial charge in [-0.15, -0.1) is 0 Å². The van der Waals surface area contributed by atoms with Crippen LogP contribution in [0.25, 0.3) is 0 Å². The normalized spacial score (nSPS) is 10.3. The summed E-state index contributed by atoms with van der Waals surface area (Å²) >= 11 is 5.70. The molecule has 0 fully saturated rings. The smallest absolute Gasteiger partial charge is 0.273 e. The summed E-state index contributed by atoms with van der Waals surface area (Å²) in [4.78, 5) is 17.3. The third-order valence-electron chi connectivity index (χ3n) is 2.00. The van der Waals surface area contributed by atoms with Crippen LogP contribution in [-0.2, 0) is 0 Å². The van der Waals surface area contributed by atoms with E-state index < -0.39 is 0 Å². The summed E-state index contributed by atoms with van der Waals surface area (Å²) in [5.74, 6) is 0.219. The van der Waals surface area contributed by atoms with Crippen LogP contribution in [0.2, 0.25) is 5.02 Å². The molecule has 0 saturated carbocycles. The first-order valence-corrected chi connectivity index (χ1v) is 5.49. The number of aromatic amines is 1. The molecule has 0 aliphatic heterocycles. The molecule has 0 amide bonds. The highest BCUT2D eigenvalue weighted by Gasteiger charge is 2.05. The Labute approximate surface area is 93.6 Å². The van der Waals surface area contributed by atoms with Crippen molar-refractivity contribution in [1.29, 1.82) is 0 Å². The summed E-state index contributed by atoms with van der Waals surface area (Å²) < 4.78 is 5.30. The fourth-order valence-corrected chi connectivity index (χ4v) is 1.32. The minimum Gasteiger partial charge on any atom is -0.476 e. The second-order valence-corrected chi connectivity index (χ2v) is 3.64. The molecule has 0 bridgehead atoms. The van der Waals surface area contributed by atoms with Gasteiger partial charge in [0, 0.05) is 0 Å². The summed E-state index contributed by atoms with van der Waals surface area (Å²) in [5.41, 5.74) is -0.366. The molecule has 0 atom stereocenters. The maximum Gasteiger partial charge on any atom is 0.273 e. The van der Waals surface area contributed by atoms with Gasteiger partial charge in [0.2, 0.25) is 5.88 Å². The molecule has 1 heterocycles. The first-order valence-electron chi connectivity index (χ1n) is 5.11. The maximum atomic E-state index is 11.1. The number of rotatable bonds is 6. The number of hydrogen-bond donors (Lipinski definition) is 1. The molecule has 4 nitrogen and oxygen atoms in total. The second kappa shape index (κ2) is 6.45. The molecule has 5 heteroatoms. The van der Waals surface area contributed by atoms with Gasteiger partial charge in [-0.2, -0.15) is 0 Å². The zero-order valence-electron chi connectivity index (χ0n) is 8.75. The van der Waals surface area contributed by atoms with E-state index in [1.54, 1.807) is 0 Å². The molecule has 0 spiro atoms. The molecule has 0 aliphatic rings. The average molecular weight is 231 g/mol. The van der Waals surface area contributed by atoms with Crippen molar-refractivity contribution in [1.82, 2.24) is 9.97 Å². The Bertz CT molecular complexity index is 352. The molecule has 1 rings (SSSR count). The fraction of sp³-hybridized carbons (Fsp3) is 0.600. The van der Waals surface area contributed by atoms with E-state index in [4.69, 9.17) is 16.3 Å². The van der Waals surface area contributed by atoms with Gasteiger partial charge in [-0.25, -0.2) is 4.98 Å². The van der Waals surface area contributed by atoms with Gasteiger partial charge in [-0.1, -0.05) is 37.8 Å². The summed E-state index contributed by atoms with van der Waals surface area (Å²) in [6.07, 6.45) is 5.75. The van der Waals surface area contributed by atoms with E-state index in [1.807, 2.05) is 0 Å². The SMILES string of the molecule is CCCCCCOc1nc[nH]c(=O)c1Cl. The monoisotopic (exact) mass is 230 g/mol. The van der Waals surface area contributed by atoms with Crippen molar-refractivity contribution in [3.8, 4) is 5.88 Å². The van der Waals surface area contributed by atoms with Crippen LogP contribution >= 0.6 is 11.6 Å². The lowest BCUT2D eigenvalue weighted by atomic mass is 10.2. The number of H-pyrrole nitrogens is 1. The zero-order valence-corrected chi connectivity index (χ0v) is 9.51. The third-order valence-corrected chi connectivity index (χ3v) is 2.33. The Hall–Kier alpha value is -1.03. The highest BCUT2D eigenvalue weighted by atomic mass is 35.5. The van der Waals surface area contributed by atoms with Crippen LogP contribution in [-0.4, -0.2) is 16.6 Å². The number of nitrogens with zero attached hydrogens (tertiary/aromatic N) is 1. The molecule has 1 aromatic rings. The van der Waals surface area contributed by atoms with Crippen molar-refractivity contribution in [2.45, 2.75) is 32.6 Å². The quantitative estimate of drug-likeness (QED) is 0.764. The van der Waals surface area contributed by atoms with Crippen molar-refractivity contribution >= 4 is 11.6 Å². The van der Waals surface area contributed by atoms with Gasteiger partial charge in [-0.3, -0.25) is 4.79 Å². The largest absolute Gasteiger partial charge is 0.476 e. The molecule has 84 valence electrons. The first kappa shape index (κ1) is 12.0. The van der Waals surface area contributed by atoms with E-state index in [0.29, 0.717) is 6.61 Å². The van der Waals surface area contributed by atoms with E-state index in [-0.39, 0.29) is 16.5 Å². The molecule has 15 heavy (non-hydrogen) atoms. The average Bonchev–Trinajstić information content (AvgIpc) is 2.24. The fourth-order valence-electron chi connectivity index (χ4n) is 1.16. The second-order valence-electron chi connectivity index (χ2n) is 3.26. The van der Waals surface area contributed by atoms with Crippen molar-refractivity contribution < 1.29 is 4.74 Å². The maximum absolute atomic E-state index is 11.1. The van der Waals surface area contributed by atoms with Crippen molar-refractivity contribution in [3.63, 3.8) is 0 Å². The van der Waals surface area contributed by atoms with Crippen LogP contribution in [0.1, 0.15) is 32.6 Å². The van der Waals surface area contributed by atoms with Gasteiger partial charge < -0.3 is 9.72 Å². The molecule has 0 aliphatic carbocycles. The molecule has 1 aromatic heterocycles. The van der Waals surface area contributed by atoms with Crippen LogP contribution in [0.5, 0.6) is 5.88 Å². The zero-order chi connectivity index (χ0) is 11.1. The Morgan fingerprint density at radius 1 is 1.47 bits per heavy atom. The number of unbranched alkanes of at least 4 members (excludes halogenated alkanes) is 3. The Kier molecular flexibility index (Phi) is 5.18. The molecule has 0 aromatic carbocycles. The number of ether oxygens (including phenoxy) is 1. The number of hydrogen-bond acceptors (Lipinski definition) is 3. The summed E-state index contributed by atoms with van der Waals surface area (Å²) in [6, 6.07) is 0. The van der Waals surface area contributed by atoms with Crippen LogP contribution in [0, 0.1) is 0 Å². The van der Waals surface area contributed by atoms with E-state index in [9.17, 15) is 4.79 Å². The number of aromatic nitrogens is 2. The predicted octanol–water partition coefficient (Wildman–Crippen LogP) is 2.38. The van der Waals surface area contributed by atoms with Crippen molar-refractivity contribution in [2.24, 2.45) is 0 Å². The Balaban J connectivity index is 2.38. The van der Waals surface area contributed by atoms with Crippen molar-refractivity contribution in [2.75, 3.05) is 6.61 Å². The van der Waals surface area contributed by atoms with Gasteiger partial charge in [0.05, 0.1) is 12.9 Å². The minimum atomic E-state index is -0.366. The van der Waals surface area contributed by atoms with Gasteiger partial charge in [0.15, 0.2) is 5.02 Å². The van der Waals surface area contributed by atoms with Crippen LogP contribution in [0.15, 0.2) is 11.1 Å². The van der Waals surface area contributed by atoms with Crippen LogP contribution < -0.4 is 10.3 Å². The highest BCUT2D eigenvalue weighted by Crippen LogP contribution is 2.15. The highest BCUT2D eigenvalue weighted by molar-refractivity contribution is 6.31. The molecule has 0 unspecified atom stereocenters. The minimum absolute atomic E-state index is 0.0213. The summed E-state index contributed by atoms with van der Waals surface area (Å²) in [7, 11) is 0. The topological polar surface area (TPSA) is 55.0 Å². The molecule has 0 radical (unpaired) electrons. The Morgan fingerprint density at radius 3 is 3.00 bits per heavy atom. The standard InChI is InChI=1S/C10H15ClN2O2/c1-2-3-4-5-6-15-10-8(11)9(14)12-7-13-10/h7H,2-6H2,1H3,(H,12,13,14). The van der Waals surface area contributed by atoms with Gasteiger partial charge in [-0.05, 0) is 6.42 Å². The third kappa shape index (κ3) is 3.91. The Morgan fingerprint density at radius 2 is 2.27 bits per heavy atom. The van der Waals surface area contributed by atoms with Crippen molar-refractivity contribution in [3.05, 3.63) is 21.7 Å². The first-order chi connectivity index (χ1) is 7.25. The molecule has 1 N–H and O–H groups in total. The lowest BCUT2D eigenvalue weighted by Crippen LogP contribution is -2.10.